The summed E-state index contributed by atoms with van der Waals surface area (Å²) in [5.74, 6) is 0.191. The highest BCUT2D eigenvalue weighted by Crippen LogP contribution is 2.36. The first-order chi connectivity index (χ1) is 4.45. The molecule has 1 atom stereocenters. The lowest BCUT2D eigenvalue weighted by atomic mass is 10.5. The van der Waals surface area contributed by atoms with Gasteiger partial charge in [0.2, 0.25) is 0 Å². The summed E-state index contributed by atoms with van der Waals surface area (Å²) in [6, 6.07) is 0. The van der Waals surface area contributed by atoms with Gasteiger partial charge in [0.25, 0.3) is 0 Å². The minimum absolute atomic E-state index is 0.0324. The Bertz CT molecular complexity index is 138. The minimum Gasteiger partial charge on any atom is -0.325 e. The van der Waals surface area contributed by atoms with Gasteiger partial charge in [-0.3, -0.25) is 0 Å². The van der Waals surface area contributed by atoms with Crippen LogP contribution in [0.3, 0.4) is 0 Å². The Balaban J connectivity index is 3.46. The van der Waals surface area contributed by atoms with Gasteiger partial charge in [-0.25, -0.2) is 0 Å². The molecule has 0 aliphatic carbocycles. The second-order valence-electron chi connectivity index (χ2n) is 1.54. The predicted molar refractivity (Wildman–Crippen MR) is 45.0 cm³/mol. The zero-order valence-electron chi connectivity index (χ0n) is 4.91. The summed E-state index contributed by atoms with van der Waals surface area (Å²) in [7, 11) is 0. The molecule has 0 spiro atoms. The van der Waals surface area contributed by atoms with Gasteiger partial charge in [0.1, 0.15) is 0 Å². The molecule has 7 heteroatoms. The highest BCUT2D eigenvalue weighted by Gasteiger charge is 2.11. The Morgan fingerprint density at radius 2 is 2.10 bits per heavy atom. The maximum Gasteiger partial charge on any atom is 0.321 e. The van der Waals surface area contributed by atoms with Crippen LogP contribution in [0.5, 0.6) is 0 Å². The van der Waals surface area contributed by atoms with Gasteiger partial charge in [-0.2, -0.15) is 0 Å². The zero-order chi connectivity index (χ0) is 8.20. The third-order valence-corrected chi connectivity index (χ3v) is 2.20. The van der Waals surface area contributed by atoms with E-state index >= 15 is 0 Å². The summed E-state index contributed by atoms with van der Waals surface area (Å²) >= 11 is 14.9. The van der Waals surface area contributed by atoms with Crippen molar-refractivity contribution < 1.29 is 14.3 Å². The standard InChI is InChI=1S/C3H7Cl2O3PS/c4-1-3(5)2-8-9(6,7)10/h3H,1-2H2,(H2,6,7,10). The fourth-order valence-corrected chi connectivity index (χ4v) is 1.02. The summed E-state index contributed by atoms with van der Waals surface area (Å²) in [5, 5.41) is -0.428. The predicted octanol–water partition coefficient (Wildman–Crippen LogP) is 1.06. The second kappa shape index (κ2) is 4.88. The van der Waals surface area contributed by atoms with E-state index < -0.39 is 12.1 Å². The van der Waals surface area contributed by atoms with Crippen LogP contribution in [-0.2, 0) is 16.3 Å². The van der Waals surface area contributed by atoms with E-state index in [0.717, 1.165) is 0 Å². The lowest BCUT2D eigenvalue weighted by molar-refractivity contribution is 0.254. The van der Waals surface area contributed by atoms with Crippen LogP contribution >= 0.6 is 29.9 Å². The third kappa shape index (κ3) is 7.22. The van der Waals surface area contributed by atoms with Crippen molar-refractivity contribution in [2.45, 2.75) is 5.38 Å². The first-order valence-electron chi connectivity index (χ1n) is 2.36. The quantitative estimate of drug-likeness (QED) is 0.554. The Hall–Kier alpha value is 1.11. The van der Waals surface area contributed by atoms with Crippen LogP contribution in [0.2, 0.25) is 0 Å². The van der Waals surface area contributed by atoms with E-state index in [9.17, 15) is 0 Å². The molecule has 0 saturated carbocycles. The van der Waals surface area contributed by atoms with Crippen LogP contribution in [0.1, 0.15) is 0 Å². The van der Waals surface area contributed by atoms with Crippen molar-refractivity contribution in [3.8, 4) is 0 Å². The Morgan fingerprint density at radius 1 is 1.60 bits per heavy atom. The second-order valence-corrected chi connectivity index (χ2v) is 5.13. The Morgan fingerprint density at radius 3 is 2.40 bits per heavy atom. The molecular weight excluding hydrogens is 218 g/mol. The average Bonchev–Trinajstić information content (AvgIpc) is 1.81. The highest BCUT2D eigenvalue weighted by molar-refractivity contribution is 8.06. The molecule has 1 unspecified atom stereocenters. The van der Waals surface area contributed by atoms with Crippen LogP contribution in [0, 0.1) is 0 Å². The molecule has 0 aliphatic heterocycles. The van der Waals surface area contributed by atoms with Crippen molar-refractivity contribution >= 4 is 41.7 Å². The van der Waals surface area contributed by atoms with Gasteiger partial charge in [0.15, 0.2) is 0 Å². The number of alkyl halides is 2. The maximum atomic E-state index is 8.52. The Labute approximate surface area is 74.2 Å². The molecule has 62 valence electrons. The smallest absolute Gasteiger partial charge is 0.321 e. The van der Waals surface area contributed by atoms with Gasteiger partial charge >= 0.3 is 6.72 Å². The van der Waals surface area contributed by atoms with E-state index in [-0.39, 0.29) is 12.5 Å². The summed E-state index contributed by atoms with van der Waals surface area (Å²) < 4.78 is 4.40. The normalized spacial score (nSPS) is 15.2. The molecule has 0 aromatic carbocycles. The monoisotopic (exact) mass is 224 g/mol. The molecule has 0 amide bonds. The van der Waals surface area contributed by atoms with Gasteiger partial charge in [0, 0.05) is 5.88 Å². The summed E-state index contributed by atoms with van der Waals surface area (Å²) in [6.07, 6.45) is 0. The van der Waals surface area contributed by atoms with E-state index in [0.29, 0.717) is 0 Å². The van der Waals surface area contributed by atoms with Gasteiger partial charge in [0.05, 0.1) is 12.0 Å². The molecule has 0 fully saturated rings. The molecule has 0 aromatic rings. The molecule has 2 N–H and O–H groups in total. The average molecular weight is 225 g/mol. The van der Waals surface area contributed by atoms with Crippen molar-refractivity contribution in [1.29, 1.82) is 0 Å². The lowest BCUT2D eigenvalue weighted by Gasteiger charge is -2.09. The topological polar surface area (TPSA) is 49.7 Å². The fraction of sp³-hybridized carbons (Fsp3) is 1.00. The van der Waals surface area contributed by atoms with Gasteiger partial charge < -0.3 is 14.3 Å². The summed E-state index contributed by atoms with van der Waals surface area (Å²) in [4.78, 5) is 17.0. The summed E-state index contributed by atoms with van der Waals surface area (Å²) in [6.45, 7) is -3.57. The minimum atomic E-state index is -3.54. The maximum absolute atomic E-state index is 8.52. The van der Waals surface area contributed by atoms with Crippen LogP contribution in [0.15, 0.2) is 0 Å². The molecule has 0 rings (SSSR count). The van der Waals surface area contributed by atoms with Crippen LogP contribution in [-0.4, -0.2) is 27.7 Å². The lowest BCUT2D eigenvalue weighted by Crippen LogP contribution is -2.08. The van der Waals surface area contributed by atoms with Crippen molar-refractivity contribution in [3.05, 3.63) is 0 Å². The molecule has 0 bridgehead atoms. The fourth-order valence-electron chi connectivity index (χ4n) is 0.223. The molecule has 0 radical (unpaired) electrons. The SMILES string of the molecule is OP(O)(=S)OCC(Cl)CCl. The molecule has 0 aliphatic rings. The van der Waals surface area contributed by atoms with E-state index in [1.807, 2.05) is 0 Å². The molecule has 3 nitrogen and oxygen atoms in total. The van der Waals surface area contributed by atoms with Crippen molar-refractivity contribution in [2.24, 2.45) is 0 Å². The number of hydrogen-bond acceptors (Lipinski definition) is 2. The molecule has 0 heterocycles. The van der Waals surface area contributed by atoms with Crippen molar-refractivity contribution in [3.63, 3.8) is 0 Å². The first kappa shape index (κ1) is 11.1. The molecule has 0 saturated heterocycles. The zero-order valence-corrected chi connectivity index (χ0v) is 8.13. The van der Waals surface area contributed by atoms with Crippen molar-refractivity contribution in [2.75, 3.05) is 12.5 Å². The first-order valence-corrected chi connectivity index (χ1v) is 5.95. The van der Waals surface area contributed by atoms with E-state index in [1.54, 1.807) is 0 Å². The Kier molecular flexibility index (Phi) is 5.42. The summed E-state index contributed by atoms with van der Waals surface area (Å²) in [5.41, 5.74) is 0. The van der Waals surface area contributed by atoms with E-state index in [2.05, 4.69) is 16.3 Å². The van der Waals surface area contributed by atoms with E-state index in [4.69, 9.17) is 33.0 Å². The molecule has 0 aromatic heterocycles. The van der Waals surface area contributed by atoms with Crippen LogP contribution in [0.25, 0.3) is 0 Å². The highest BCUT2D eigenvalue weighted by atomic mass is 35.5. The number of rotatable bonds is 4. The number of hydrogen-bond donors (Lipinski definition) is 2. The molecule has 10 heavy (non-hydrogen) atoms. The number of halogens is 2. The van der Waals surface area contributed by atoms with Gasteiger partial charge in [-0.15, -0.1) is 23.2 Å². The van der Waals surface area contributed by atoms with E-state index in [1.165, 1.54) is 0 Å². The molecular formula is C3H7Cl2O3PS. The van der Waals surface area contributed by atoms with Gasteiger partial charge in [-0.1, -0.05) is 0 Å². The van der Waals surface area contributed by atoms with Crippen molar-refractivity contribution in [1.82, 2.24) is 0 Å². The third-order valence-electron chi connectivity index (χ3n) is 0.591. The van der Waals surface area contributed by atoms with Gasteiger partial charge in [-0.05, 0) is 11.8 Å². The largest absolute Gasteiger partial charge is 0.325 e. The van der Waals surface area contributed by atoms with Crippen LogP contribution < -0.4 is 0 Å². The van der Waals surface area contributed by atoms with Crippen LogP contribution in [0.4, 0.5) is 0 Å².